The third kappa shape index (κ3) is 4.60. The van der Waals surface area contributed by atoms with Gasteiger partial charge in [-0.25, -0.2) is 4.79 Å². The van der Waals surface area contributed by atoms with Crippen molar-refractivity contribution < 1.29 is 19.4 Å². The number of para-hydroxylation sites is 1. The van der Waals surface area contributed by atoms with Gasteiger partial charge in [0.1, 0.15) is 17.6 Å². The normalized spacial score (nSPS) is 17.9. The molecular formula is C30H29NO4. The van der Waals surface area contributed by atoms with Crippen LogP contribution in [-0.4, -0.2) is 30.8 Å². The lowest BCUT2D eigenvalue weighted by atomic mass is 9.83. The van der Waals surface area contributed by atoms with Crippen molar-refractivity contribution >= 4 is 16.7 Å². The van der Waals surface area contributed by atoms with Gasteiger partial charge < -0.3 is 19.9 Å². The maximum absolute atomic E-state index is 11.5. The van der Waals surface area contributed by atoms with Gasteiger partial charge in [0.25, 0.3) is 0 Å². The molecule has 4 aromatic rings. The molecule has 0 saturated heterocycles. The van der Waals surface area contributed by atoms with Gasteiger partial charge in [0.05, 0.1) is 12.7 Å². The molecule has 0 aromatic heterocycles. The second-order valence-corrected chi connectivity index (χ2v) is 9.03. The second-order valence-electron chi connectivity index (χ2n) is 9.03. The number of aromatic carboxylic acids is 1. The molecule has 3 atom stereocenters. The SMILES string of the molecule is COc1cc(C(=O)O)ccc1[C@@H]1C[C@H](CN[C@H](C)c2cccc3ccccc23)Oc2ccccc21. The Hall–Kier alpha value is -3.83. The predicted molar refractivity (Wildman–Crippen MR) is 138 cm³/mol. The molecule has 1 aliphatic heterocycles. The van der Waals surface area contributed by atoms with E-state index < -0.39 is 5.97 Å². The van der Waals surface area contributed by atoms with Crippen LogP contribution >= 0.6 is 0 Å². The topological polar surface area (TPSA) is 67.8 Å². The first kappa shape index (κ1) is 22.9. The Balaban J connectivity index is 1.40. The third-order valence-corrected chi connectivity index (χ3v) is 6.88. The maximum Gasteiger partial charge on any atom is 0.335 e. The average molecular weight is 468 g/mol. The van der Waals surface area contributed by atoms with Crippen molar-refractivity contribution in [3.05, 3.63) is 107 Å². The molecule has 0 fully saturated rings. The van der Waals surface area contributed by atoms with Gasteiger partial charge in [-0.1, -0.05) is 66.7 Å². The number of carbonyl (C=O) groups is 1. The zero-order valence-corrected chi connectivity index (χ0v) is 19.9. The Morgan fingerprint density at radius 1 is 1.03 bits per heavy atom. The van der Waals surface area contributed by atoms with Crippen molar-refractivity contribution in [2.75, 3.05) is 13.7 Å². The molecule has 35 heavy (non-hydrogen) atoms. The van der Waals surface area contributed by atoms with Crippen LogP contribution in [0.1, 0.15) is 52.4 Å². The van der Waals surface area contributed by atoms with Gasteiger partial charge in [0, 0.05) is 29.6 Å². The highest BCUT2D eigenvalue weighted by molar-refractivity contribution is 5.88. The zero-order chi connectivity index (χ0) is 24.4. The standard InChI is InChI=1S/C30H29NO4/c1-19(23-12-7-9-20-8-3-4-10-24(20)23)31-18-22-17-27(25-11-5-6-13-28(25)35-22)26-15-14-21(30(32)33)16-29(26)34-2/h3-16,19,22,27,31H,17-18H2,1-2H3,(H,32,33)/t19-,22-,27-/m1/s1. The molecule has 0 aliphatic carbocycles. The van der Waals surface area contributed by atoms with Gasteiger partial charge in [0.2, 0.25) is 0 Å². The summed E-state index contributed by atoms with van der Waals surface area (Å²) in [5, 5.41) is 15.6. The number of hydrogen-bond donors (Lipinski definition) is 2. The fourth-order valence-electron chi connectivity index (χ4n) is 5.09. The number of carboxylic acid groups (broad SMARTS) is 1. The van der Waals surface area contributed by atoms with E-state index in [1.165, 1.54) is 16.3 Å². The highest BCUT2D eigenvalue weighted by Gasteiger charge is 2.31. The van der Waals surface area contributed by atoms with Crippen molar-refractivity contribution in [2.45, 2.75) is 31.4 Å². The quantitative estimate of drug-likeness (QED) is 0.340. The van der Waals surface area contributed by atoms with Crippen LogP contribution in [0.4, 0.5) is 0 Å². The summed E-state index contributed by atoms with van der Waals surface area (Å²) in [6.45, 7) is 2.87. The minimum Gasteiger partial charge on any atom is -0.496 e. The minimum atomic E-state index is -0.966. The van der Waals surface area contributed by atoms with Gasteiger partial charge in [-0.2, -0.15) is 0 Å². The number of hydrogen-bond acceptors (Lipinski definition) is 4. The molecule has 0 unspecified atom stereocenters. The van der Waals surface area contributed by atoms with Gasteiger partial charge in [0.15, 0.2) is 0 Å². The Morgan fingerprint density at radius 2 is 1.80 bits per heavy atom. The summed E-state index contributed by atoms with van der Waals surface area (Å²) in [5.41, 5.74) is 3.54. The Kier molecular flexibility index (Phi) is 6.43. The number of rotatable bonds is 7. The fraction of sp³-hybridized carbons (Fsp3) is 0.233. The molecule has 2 N–H and O–H groups in total. The Bertz CT molecular complexity index is 1360. The number of nitrogens with one attached hydrogen (secondary N) is 1. The van der Waals surface area contributed by atoms with Crippen molar-refractivity contribution in [2.24, 2.45) is 0 Å². The minimum absolute atomic E-state index is 0.0393. The zero-order valence-electron chi connectivity index (χ0n) is 19.9. The number of benzene rings is 4. The average Bonchev–Trinajstić information content (AvgIpc) is 2.90. The molecule has 1 aliphatic rings. The van der Waals surface area contributed by atoms with Gasteiger partial charge in [-0.3, -0.25) is 0 Å². The van der Waals surface area contributed by atoms with E-state index >= 15 is 0 Å². The van der Waals surface area contributed by atoms with E-state index in [9.17, 15) is 9.90 Å². The van der Waals surface area contributed by atoms with E-state index in [2.05, 4.69) is 60.8 Å². The van der Waals surface area contributed by atoms with Gasteiger partial charge in [-0.15, -0.1) is 0 Å². The lowest BCUT2D eigenvalue weighted by molar-refractivity contribution is 0.0696. The van der Waals surface area contributed by atoms with Crippen molar-refractivity contribution in [1.29, 1.82) is 0 Å². The van der Waals surface area contributed by atoms with Crippen LogP contribution in [0.25, 0.3) is 10.8 Å². The van der Waals surface area contributed by atoms with Crippen LogP contribution in [0.3, 0.4) is 0 Å². The summed E-state index contributed by atoms with van der Waals surface area (Å²) in [6, 6.07) is 28.2. The maximum atomic E-state index is 11.5. The summed E-state index contributed by atoms with van der Waals surface area (Å²) in [6.07, 6.45) is 0.714. The molecule has 5 nitrogen and oxygen atoms in total. The molecular weight excluding hydrogens is 438 g/mol. The van der Waals surface area contributed by atoms with Crippen molar-refractivity contribution in [3.8, 4) is 11.5 Å². The second kappa shape index (κ2) is 9.80. The lowest BCUT2D eigenvalue weighted by Gasteiger charge is -2.34. The van der Waals surface area contributed by atoms with E-state index in [1.807, 2.05) is 24.3 Å². The van der Waals surface area contributed by atoms with Crippen LogP contribution in [0.15, 0.2) is 84.9 Å². The van der Waals surface area contributed by atoms with E-state index in [0.717, 1.165) is 23.3 Å². The first-order valence-electron chi connectivity index (χ1n) is 11.9. The highest BCUT2D eigenvalue weighted by atomic mass is 16.5. The smallest absolute Gasteiger partial charge is 0.335 e. The number of fused-ring (bicyclic) bond motifs is 2. The van der Waals surface area contributed by atoms with E-state index in [1.54, 1.807) is 19.2 Å². The van der Waals surface area contributed by atoms with Crippen LogP contribution in [0.5, 0.6) is 11.5 Å². The molecule has 0 spiro atoms. The molecule has 5 rings (SSSR count). The molecule has 0 bridgehead atoms. The summed E-state index contributed by atoms with van der Waals surface area (Å²) in [4.78, 5) is 11.5. The lowest BCUT2D eigenvalue weighted by Crippen LogP contribution is -2.37. The predicted octanol–water partition coefficient (Wildman–Crippen LogP) is 6.18. The summed E-state index contributed by atoms with van der Waals surface area (Å²) < 4.78 is 12.0. The fourth-order valence-corrected chi connectivity index (χ4v) is 5.09. The van der Waals surface area contributed by atoms with E-state index in [0.29, 0.717) is 12.3 Å². The Labute approximate surface area is 205 Å². The molecule has 1 heterocycles. The molecule has 0 radical (unpaired) electrons. The molecule has 178 valence electrons. The largest absolute Gasteiger partial charge is 0.496 e. The van der Waals surface area contributed by atoms with Crippen molar-refractivity contribution in [3.63, 3.8) is 0 Å². The van der Waals surface area contributed by atoms with Crippen LogP contribution in [0, 0.1) is 0 Å². The summed E-state index contributed by atoms with van der Waals surface area (Å²) in [5.74, 6) is 0.518. The monoisotopic (exact) mass is 467 g/mol. The molecule has 5 heteroatoms. The van der Waals surface area contributed by atoms with Crippen LogP contribution in [-0.2, 0) is 0 Å². The molecule has 0 saturated carbocycles. The van der Waals surface area contributed by atoms with Crippen LogP contribution < -0.4 is 14.8 Å². The first-order chi connectivity index (χ1) is 17.0. The molecule has 0 amide bonds. The number of methoxy groups -OCH3 is 1. The first-order valence-corrected chi connectivity index (χ1v) is 11.9. The van der Waals surface area contributed by atoms with Crippen LogP contribution in [0.2, 0.25) is 0 Å². The number of carboxylic acids is 1. The highest BCUT2D eigenvalue weighted by Crippen LogP contribution is 2.43. The van der Waals surface area contributed by atoms with Gasteiger partial charge >= 0.3 is 5.97 Å². The van der Waals surface area contributed by atoms with E-state index in [-0.39, 0.29) is 23.6 Å². The van der Waals surface area contributed by atoms with E-state index in [4.69, 9.17) is 9.47 Å². The van der Waals surface area contributed by atoms with Crippen molar-refractivity contribution in [1.82, 2.24) is 5.32 Å². The summed E-state index contributed by atoms with van der Waals surface area (Å²) >= 11 is 0. The third-order valence-electron chi connectivity index (χ3n) is 6.88. The number of ether oxygens (including phenoxy) is 2. The van der Waals surface area contributed by atoms with Gasteiger partial charge in [-0.05, 0) is 47.9 Å². The Morgan fingerprint density at radius 3 is 2.63 bits per heavy atom. The molecule has 4 aromatic carbocycles. The summed E-state index contributed by atoms with van der Waals surface area (Å²) in [7, 11) is 1.58.